The quantitative estimate of drug-likeness (QED) is 0.722. The molecule has 4 nitrogen and oxygen atoms in total. The molecule has 0 atom stereocenters. The Balaban J connectivity index is 1.93. The highest BCUT2D eigenvalue weighted by atomic mass is 35.5. The van der Waals surface area contributed by atoms with E-state index in [-0.39, 0.29) is 5.91 Å². The summed E-state index contributed by atoms with van der Waals surface area (Å²) in [4.78, 5) is 16.2. The lowest BCUT2D eigenvalue weighted by atomic mass is 10.2. The van der Waals surface area contributed by atoms with Crippen LogP contribution >= 0.6 is 11.6 Å². The van der Waals surface area contributed by atoms with Gasteiger partial charge in [0.05, 0.1) is 11.9 Å². The normalized spacial score (nSPS) is 10.4. The molecule has 2 N–H and O–H groups in total. The molecule has 1 aromatic carbocycles. The average molecular weight is 332 g/mol. The number of halogens is 1. The van der Waals surface area contributed by atoms with Crippen molar-refractivity contribution in [1.82, 2.24) is 10.3 Å². The van der Waals surface area contributed by atoms with E-state index in [9.17, 15) is 4.79 Å². The van der Waals surface area contributed by atoms with Crippen LogP contribution in [0, 0.1) is 6.92 Å². The molecular weight excluding hydrogens is 310 g/mol. The van der Waals surface area contributed by atoms with E-state index in [2.05, 4.69) is 22.5 Å². The smallest absolute Gasteiger partial charge is 0.269 e. The van der Waals surface area contributed by atoms with E-state index in [1.54, 1.807) is 12.3 Å². The molecule has 0 radical (unpaired) electrons. The van der Waals surface area contributed by atoms with Gasteiger partial charge in [0.15, 0.2) is 0 Å². The minimum absolute atomic E-state index is 0.133. The fraction of sp³-hybridized carbons (Fsp3) is 0.333. The third kappa shape index (κ3) is 5.25. The van der Waals surface area contributed by atoms with E-state index in [4.69, 9.17) is 11.6 Å². The molecule has 2 rings (SSSR count). The number of rotatable bonds is 7. The SMILES string of the molecule is CCCCCNC(=O)c1ccc(Nc2ccc(C)c(Cl)c2)cn1. The van der Waals surface area contributed by atoms with Crippen molar-refractivity contribution >= 4 is 28.9 Å². The predicted molar refractivity (Wildman–Crippen MR) is 95.6 cm³/mol. The van der Waals surface area contributed by atoms with Crippen LogP contribution in [0.2, 0.25) is 5.02 Å². The molecule has 122 valence electrons. The molecule has 0 aliphatic heterocycles. The topological polar surface area (TPSA) is 54.0 Å². The lowest BCUT2D eigenvalue weighted by molar-refractivity contribution is 0.0948. The van der Waals surface area contributed by atoms with Crippen molar-refractivity contribution in [3.63, 3.8) is 0 Å². The highest BCUT2D eigenvalue weighted by Crippen LogP contribution is 2.22. The summed E-state index contributed by atoms with van der Waals surface area (Å²) >= 11 is 6.11. The van der Waals surface area contributed by atoms with Crippen LogP contribution in [0.15, 0.2) is 36.5 Å². The molecule has 0 aliphatic rings. The fourth-order valence-electron chi connectivity index (χ4n) is 2.11. The lowest BCUT2D eigenvalue weighted by Gasteiger charge is -2.09. The number of hydrogen-bond acceptors (Lipinski definition) is 3. The van der Waals surface area contributed by atoms with Crippen molar-refractivity contribution < 1.29 is 4.79 Å². The predicted octanol–water partition coefficient (Wildman–Crippen LogP) is 4.71. The average Bonchev–Trinajstić information content (AvgIpc) is 2.55. The van der Waals surface area contributed by atoms with Gasteiger partial charge in [0, 0.05) is 17.3 Å². The summed E-state index contributed by atoms with van der Waals surface area (Å²) in [6, 6.07) is 9.33. The number of aromatic nitrogens is 1. The summed E-state index contributed by atoms with van der Waals surface area (Å²) in [7, 11) is 0. The Morgan fingerprint density at radius 3 is 2.61 bits per heavy atom. The number of nitrogens with one attached hydrogen (secondary N) is 2. The van der Waals surface area contributed by atoms with Crippen LogP contribution in [0.5, 0.6) is 0 Å². The first-order valence-electron chi connectivity index (χ1n) is 7.87. The molecule has 23 heavy (non-hydrogen) atoms. The van der Waals surface area contributed by atoms with Gasteiger partial charge in [0.25, 0.3) is 5.91 Å². The van der Waals surface area contributed by atoms with Crippen LogP contribution in [-0.4, -0.2) is 17.4 Å². The van der Waals surface area contributed by atoms with Crippen LogP contribution < -0.4 is 10.6 Å². The van der Waals surface area contributed by atoms with Gasteiger partial charge in [-0.25, -0.2) is 4.98 Å². The summed E-state index contributed by atoms with van der Waals surface area (Å²) in [6.45, 7) is 4.79. The number of hydrogen-bond donors (Lipinski definition) is 2. The van der Waals surface area contributed by atoms with Crippen molar-refractivity contribution in [3.8, 4) is 0 Å². The van der Waals surface area contributed by atoms with Gasteiger partial charge >= 0.3 is 0 Å². The molecule has 0 spiro atoms. The zero-order chi connectivity index (χ0) is 16.7. The Kier molecular flexibility index (Phi) is 6.41. The number of pyridine rings is 1. The first-order valence-corrected chi connectivity index (χ1v) is 8.25. The number of anilines is 2. The monoisotopic (exact) mass is 331 g/mol. The van der Waals surface area contributed by atoms with Crippen molar-refractivity contribution in [1.29, 1.82) is 0 Å². The van der Waals surface area contributed by atoms with E-state index < -0.39 is 0 Å². The van der Waals surface area contributed by atoms with Gasteiger partial charge in [-0.3, -0.25) is 4.79 Å². The third-order valence-corrected chi connectivity index (χ3v) is 3.93. The zero-order valence-electron chi connectivity index (χ0n) is 13.5. The first kappa shape index (κ1) is 17.3. The van der Waals surface area contributed by atoms with E-state index in [0.29, 0.717) is 17.3 Å². The number of carbonyl (C=O) groups excluding carboxylic acids is 1. The van der Waals surface area contributed by atoms with E-state index in [1.807, 2.05) is 31.2 Å². The van der Waals surface area contributed by atoms with Gasteiger partial charge in [0.1, 0.15) is 5.69 Å². The maximum absolute atomic E-state index is 11.9. The van der Waals surface area contributed by atoms with Gasteiger partial charge in [-0.05, 0) is 43.2 Å². The summed E-state index contributed by atoms with van der Waals surface area (Å²) in [5.74, 6) is -0.133. The Labute approximate surface area is 142 Å². The number of carbonyl (C=O) groups is 1. The third-order valence-electron chi connectivity index (χ3n) is 3.52. The molecule has 0 aliphatic carbocycles. The Morgan fingerprint density at radius 2 is 1.96 bits per heavy atom. The van der Waals surface area contributed by atoms with Crippen LogP contribution in [0.4, 0.5) is 11.4 Å². The maximum atomic E-state index is 11.9. The molecule has 0 bridgehead atoms. The van der Waals surface area contributed by atoms with Crippen LogP contribution in [0.3, 0.4) is 0 Å². The van der Waals surface area contributed by atoms with Gasteiger partial charge < -0.3 is 10.6 Å². The molecule has 5 heteroatoms. The highest BCUT2D eigenvalue weighted by Gasteiger charge is 2.06. The molecule has 0 unspecified atom stereocenters. The second-order valence-electron chi connectivity index (χ2n) is 5.48. The minimum Gasteiger partial charge on any atom is -0.354 e. The number of nitrogens with zero attached hydrogens (tertiary/aromatic N) is 1. The van der Waals surface area contributed by atoms with Crippen molar-refractivity contribution in [2.75, 3.05) is 11.9 Å². The molecule has 0 fully saturated rings. The standard InChI is InChI=1S/C18H22ClN3O/c1-3-4-5-10-20-18(23)17-9-8-15(12-21-17)22-14-7-6-13(2)16(19)11-14/h6-9,11-12,22H,3-5,10H2,1-2H3,(H,20,23). The van der Waals surface area contributed by atoms with Gasteiger partial charge in [-0.1, -0.05) is 37.4 Å². The molecule has 0 saturated carbocycles. The van der Waals surface area contributed by atoms with Crippen LogP contribution in [-0.2, 0) is 0 Å². The van der Waals surface area contributed by atoms with Crippen molar-refractivity contribution in [2.45, 2.75) is 33.1 Å². The Morgan fingerprint density at radius 1 is 1.17 bits per heavy atom. The summed E-state index contributed by atoms with van der Waals surface area (Å²) < 4.78 is 0. The number of benzene rings is 1. The Hall–Kier alpha value is -2.07. The van der Waals surface area contributed by atoms with E-state index in [1.165, 1.54) is 0 Å². The second-order valence-corrected chi connectivity index (χ2v) is 5.89. The van der Waals surface area contributed by atoms with Crippen molar-refractivity contribution in [2.24, 2.45) is 0 Å². The summed E-state index contributed by atoms with van der Waals surface area (Å²) in [6.07, 6.45) is 4.90. The molecule has 1 heterocycles. The largest absolute Gasteiger partial charge is 0.354 e. The van der Waals surface area contributed by atoms with Crippen molar-refractivity contribution in [3.05, 3.63) is 52.8 Å². The van der Waals surface area contributed by atoms with Gasteiger partial charge in [-0.15, -0.1) is 0 Å². The van der Waals surface area contributed by atoms with Crippen LogP contribution in [0.25, 0.3) is 0 Å². The number of aryl methyl sites for hydroxylation is 1. The van der Waals surface area contributed by atoms with Gasteiger partial charge in [0.2, 0.25) is 0 Å². The summed E-state index contributed by atoms with van der Waals surface area (Å²) in [5.41, 5.74) is 3.16. The minimum atomic E-state index is -0.133. The molecule has 1 aromatic heterocycles. The summed E-state index contributed by atoms with van der Waals surface area (Å²) in [5, 5.41) is 6.81. The highest BCUT2D eigenvalue weighted by molar-refractivity contribution is 6.31. The van der Waals surface area contributed by atoms with Crippen LogP contribution in [0.1, 0.15) is 42.2 Å². The Bertz CT molecular complexity index is 656. The van der Waals surface area contributed by atoms with E-state index in [0.717, 1.165) is 36.2 Å². The molecule has 2 aromatic rings. The number of amides is 1. The molecule has 0 saturated heterocycles. The molecule has 1 amide bonds. The lowest BCUT2D eigenvalue weighted by Crippen LogP contribution is -2.25. The maximum Gasteiger partial charge on any atom is 0.269 e. The zero-order valence-corrected chi connectivity index (χ0v) is 14.3. The number of unbranched alkanes of at least 4 members (excludes halogenated alkanes) is 2. The van der Waals surface area contributed by atoms with E-state index >= 15 is 0 Å². The second kappa shape index (κ2) is 8.53. The first-order chi connectivity index (χ1) is 11.1. The fourth-order valence-corrected chi connectivity index (χ4v) is 2.29. The van der Waals surface area contributed by atoms with Gasteiger partial charge in [-0.2, -0.15) is 0 Å². The molecular formula is C18H22ClN3O.